The molecule has 20 heavy (non-hydrogen) atoms. The summed E-state index contributed by atoms with van der Waals surface area (Å²) in [6.07, 6.45) is 0. The van der Waals surface area contributed by atoms with Crippen LogP contribution in [0.4, 0.5) is 5.00 Å². The molecule has 0 saturated carbocycles. The molecule has 108 valence electrons. The number of aryl methyl sites for hydroxylation is 2. The van der Waals surface area contributed by atoms with Crippen LogP contribution in [-0.2, 0) is 15.8 Å². The van der Waals surface area contributed by atoms with Crippen LogP contribution < -0.4 is 4.72 Å². The van der Waals surface area contributed by atoms with Crippen LogP contribution in [0.2, 0.25) is 0 Å². The Kier molecular flexibility index (Phi) is 3.77. The summed E-state index contributed by atoms with van der Waals surface area (Å²) in [7, 11) is -3.78. The Hall–Kier alpha value is -1.94. The molecule has 0 atom stereocenters. The van der Waals surface area contributed by atoms with Crippen LogP contribution >= 0.6 is 11.5 Å². The minimum absolute atomic E-state index is 0.0183. The van der Waals surface area contributed by atoms with Gasteiger partial charge in [0.1, 0.15) is 27.8 Å². The molecule has 2 aromatic rings. The zero-order chi connectivity index (χ0) is 14.9. The van der Waals surface area contributed by atoms with Crippen molar-refractivity contribution in [3.63, 3.8) is 0 Å². The molecule has 0 radical (unpaired) electrons. The standard InChI is InChI=1S/C10H11N3O5S2/c1-5-3-7(11-18-5)4-20(16,17)13-9-8(10(14)15)6(2)12-19-9/h3,13H,4H2,1-2H3,(H,14,15). The van der Waals surface area contributed by atoms with E-state index in [9.17, 15) is 13.2 Å². The van der Waals surface area contributed by atoms with Gasteiger partial charge < -0.3 is 9.63 Å². The number of aromatic nitrogens is 2. The molecule has 0 amide bonds. The first kappa shape index (κ1) is 14.5. The first-order valence-corrected chi connectivity index (χ1v) is 7.83. The van der Waals surface area contributed by atoms with Crippen molar-refractivity contribution in [1.29, 1.82) is 0 Å². The zero-order valence-electron chi connectivity index (χ0n) is 10.6. The summed E-state index contributed by atoms with van der Waals surface area (Å²) in [4.78, 5) is 11.1. The maximum absolute atomic E-state index is 12.0. The quantitative estimate of drug-likeness (QED) is 0.854. The Bertz CT molecular complexity index is 747. The minimum atomic E-state index is -3.78. The van der Waals surface area contributed by atoms with E-state index in [-0.39, 0.29) is 22.0 Å². The Balaban J connectivity index is 2.22. The largest absolute Gasteiger partial charge is 0.478 e. The van der Waals surface area contributed by atoms with Crippen LogP contribution in [0.25, 0.3) is 0 Å². The van der Waals surface area contributed by atoms with Crippen LogP contribution in [0, 0.1) is 13.8 Å². The Morgan fingerprint density at radius 2 is 2.20 bits per heavy atom. The third-order valence-electron chi connectivity index (χ3n) is 2.34. The number of nitrogens with zero attached hydrogens (tertiary/aromatic N) is 2. The van der Waals surface area contributed by atoms with E-state index in [0.717, 1.165) is 11.5 Å². The summed E-state index contributed by atoms with van der Waals surface area (Å²) < 4.78 is 34.7. The van der Waals surface area contributed by atoms with Crippen molar-refractivity contribution in [3.8, 4) is 0 Å². The molecule has 0 spiro atoms. The summed E-state index contributed by atoms with van der Waals surface area (Å²) in [6, 6.07) is 1.50. The fraction of sp³-hybridized carbons (Fsp3) is 0.300. The maximum Gasteiger partial charge on any atom is 0.340 e. The van der Waals surface area contributed by atoms with E-state index in [1.54, 1.807) is 6.92 Å². The zero-order valence-corrected chi connectivity index (χ0v) is 12.2. The highest BCUT2D eigenvalue weighted by Gasteiger charge is 2.22. The summed E-state index contributed by atoms with van der Waals surface area (Å²) in [5, 5.41) is 12.6. The molecule has 2 N–H and O–H groups in total. The van der Waals surface area contributed by atoms with Gasteiger partial charge in [-0.25, -0.2) is 13.2 Å². The smallest absolute Gasteiger partial charge is 0.340 e. The summed E-state index contributed by atoms with van der Waals surface area (Å²) in [6.45, 7) is 3.14. The van der Waals surface area contributed by atoms with Gasteiger partial charge in [-0.3, -0.25) is 4.72 Å². The maximum atomic E-state index is 12.0. The molecule has 0 saturated heterocycles. The van der Waals surface area contributed by atoms with Crippen molar-refractivity contribution in [3.05, 3.63) is 28.8 Å². The molecular weight excluding hydrogens is 306 g/mol. The highest BCUT2D eigenvalue weighted by molar-refractivity contribution is 7.92. The third kappa shape index (κ3) is 3.14. The first-order valence-electron chi connectivity index (χ1n) is 5.41. The van der Waals surface area contributed by atoms with Gasteiger partial charge >= 0.3 is 5.97 Å². The van der Waals surface area contributed by atoms with Gasteiger partial charge in [-0.15, -0.1) is 0 Å². The molecule has 8 nitrogen and oxygen atoms in total. The highest BCUT2D eigenvalue weighted by atomic mass is 32.2. The molecular formula is C10H11N3O5S2. The number of hydrogen-bond donors (Lipinski definition) is 2. The van der Waals surface area contributed by atoms with E-state index in [1.807, 2.05) is 0 Å². The number of anilines is 1. The molecule has 0 fully saturated rings. The average molecular weight is 317 g/mol. The van der Waals surface area contributed by atoms with Crippen molar-refractivity contribution in [2.75, 3.05) is 4.72 Å². The molecule has 2 aromatic heterocycles. The topological polar surface area (TPSA) is 122 Å². The lowest BCUT2D eigenvalue weighted by Crippen LogP contribution is -2.16. The number of carboxylic acids is 1. The van der Waals surface area contributed by atoms with Gasteiger partial charge in [-0.05, 0) is 25.4 Å². The second-order valence-electron chi connectivity index (χ2n) is 4.07. The highest BCUT2D eigenvalue weighted by Crippen LogP contribution is 2.26. The van der Waals surface area contributed by atoms with Gasteiger partial charge in [0, 0.05) is 6.07 Å². The number of rotatable bonds is 5. The normalized spacial score (nSPS) is 11.5. The molecule has 10 heteroatoms. The first-order chi connectivity index (χ1) is 9.28. The van der Waals surface area contributed by atoms with E-state index < -0.39 is 21.7 Å². The lowest BCUT2D eigenvalue weighted by atomic mass is 10.2. The lowest BCUT2D eigenvalue weighted by molar-refractivity contribution is 0.0697. The van der Waals surface area contributed by atoms with E-state index in [4.69, 9.17) is 9.63 Å². The minimum Gasteiger partial charge on any atom is -0.478 e. The third-order valence-corrected chi connectivity index (χ3v) is 4.51. The fourth-order valence-corrected chi connectivity index (χ4v) is 3.71. The van der Waals surface area contributed by atoms with Gasteiger partial charge in [0.15, 0.2) is 0 Å². The number of carboxylic acid groups (broad SMARTS) is 1. The SMILES string of the molecule is Cc1cc(CS(=O)(=O)Nc2snc(C)c2C(=O)O)no1. The van der Waals surface area contributed by atoms with Gasteiger partial charge in [-0.1, -0.05) is 5.16 Å². The van der Waals surface area contributed by atoms with Gasteiger partial charge in [0.2, 0.25) is 10.0 Å². The molecule has 0 aromatic carbocycles. The number of aromatic carboxylic acids is 1. The van der Waals surface area contributed by atoms with Crippen LogP contribution in [0.5, 0.6) is 0 Å². The van der Waals surface area contributed by atoms with Crippen molar-refractivity contribution in [2.45, 2.75) is 19.6 Å². The number of carbonyl (C=O) groups is 1. The summed E-state index contributed by atoms with van der Waals surface area (Å²) in [5.74, 6) is -1.14. The summed E-state index contributed by atoms with van der Waals surface area (Å²) >= 11 is 0.782. The molecule has 0 aliphatic heterocycles. The Morgan fingerprint density at radius 3 is 2.75 bits per heavy atom. The van der Waals surface area contributed by atoms with Gasteiger partial charge in [0.05, 0.1) is 5.69 Å². The van der Waals surface area contributed by atoms with Crippen LogP contribution in [0.1, 0.15) is 27.5 Å². The van der Waals surface area contributed by atoms with E-state index in [0.29, 0.717) is 5.76 Å². The number of sulfonamides is 1. The fourth-order valence-electron chi connectivity index (χ4n) is 1.55. The van der Waals surface area contributed by atoms with Crippen molar-refractivity contribution in [2.24, 2.45) is 0 Å². The molecule has 0 bridgehead atoms. The Labute approximate surface area is 118 Å². The molecule has 0 aliphatic rings. The van der Waals surface area contributed by atoms with Crippen molar-refractivity contribution < 1.29 is 22.8 Å². The summed E-state index contributed by atoms with van der Waals surface area (Å²) in [5.41, 5.74) is 0.362. The van der Waals surface area contributed by atoms with Gasteiger partial charge in [-0.2, -0.15) is 4.37 Å². The number of nitrogens with one attached hydrogen (secondary N) is 1. The monoisotopic (exact) mass is 317 g/mol. The van der Waals surface area contributed by atoms with Crippen LogP contribution in [0.3, 0.4) is 0 Å². The predicted molar refractivity (Wildman–Crippen MR) is 71.3 cm³/mol. The van der Waals surface area contributed by atoms with E-state index >= 15 is 0 Å². The molecule has 0 aliphatic carbocycles. The average Bonchev–Trinajstić information content (AvgIpc) is 2.84. The van der Waals surface area contributed by atoms with Crippen LogP contribution in [-0.4, -0.2) is 29.0 Å². The van der Waals surface area contributed by atoms with Crippen molar-refractivity contribution in [1.82, 2.24) is 9.53 Å². The second kappa shape index (κ2) is 5.21. The molecule has 0 unspecified atom stereocenters. The van der Waals surface area contributed by atoms with E-state index in [1.165, 1.54) is 13.0 Å². The Morgan fingerprint density at radius 1 is 1.50 bits per heavy atom. The van der Waals surface area contributed by atoms with Gasteiger partial charge in [0.25, 0.3) is 0 Å². The number of hydrogen-bond acceptors (Lipinski definition) is 7. The van der Waals surface area contributed by atoms with E-state index in [2.05, 4.69) is 14.3 Å². The van der Waals surface area contributed by atoms with Crippen LogP contribution in [0.15, 0.2) is 10.6 Å². The predicted octanol–water partition coefficient (Wildman–Crippen LogP) is 1.39. The molecule has 2 heterocycles. The van der Waals surface area contributed by atoms with Crippen molar-refractivity contribution >= 4 is 32.5 Å². The second-order valence-corrected chi connectivity index (χ2v) is 6.56. The lowest BCUT2D eigenvalue weighted by Gasteiger charge is -2.04. The molecule has 2 rings (SSSR count).